The summed E-state index contributed by atoms with van der Waals surface area (Å²) in [6.45, 7) is 2.24. The third kappa shape index (κ3) is 4.00. The van der Waals surface area contributed by atoms with Crippen LogP contribution in [0.25, 0.3) is 11.4 Å². The Balaban J connectivity index is 1.36. The molecule has 1 saturated heterocycles. The highest BCUT2D eigenvalue weighted by atomic mass is 19.4. The quantitative estimate of drug-likeness (QED) is 0.694. The minimum Gasteiger partial charge on any atom is -0.338 e. The molecule has 1 fully saturated rings. The van der Waals surface area contributed by atoms with Gasteiger partial charge in [0.05, 0.1) is 18.2 Å². The predicted molar refractivity (Wildman–Crippen MR) is 88.3 cm³/mol. The minimum atomic E-state index is -4.36. The van der Waals surface area contributed by atoms with E-state index in [2.05, 4.69) is 25.1 Å². The summed E-state index contributed by atoms with van der Waals surface area (Å²) in [4.78, 5) is 10.5. The Morgan fingerprint density at radius 1 is 1.11 bits per heavy atom. The Hall–Kier alpha value is -2.75. The maximum absolute atomic E-state index is 12.6. The van der Waals surface area contributed by atoms with Crippen molar-refractivity contribution in [2.45, 2.75) is 31.6 Å². The number of piperidine rings is 1. The van der Waals surface area contributed by atoms with Gasteiger partial charge in [0.25, 0.3) is 0 Å². The number of alkyl halides is 3. The molecule has 0 aliphatic carbocycles. The van der Waals surface area contributed by atoms with Crippen molar-refractivity contribution < 1.29 is 17.7 Å². The Labute approximate surface area is 152 Å². The molecule has 0 saturated carbocycles. The molecule has 27 heavy (non-hydrogen) atoms. The highest BCUT2D eigenvalue weighted by Crippen LogP contribution is 2.30. The average molecular weight is 378 g/mol. The summed E-state index contributed by atoms with van der Waals surface area (Å²) in [6, 6.07) is 5.07. The Kier molecular flexibility index (Phi) is 4.65. The summed E-state index contributed by atoms with van der Waals surface area (Å²) in [5, 5.41) is 8.07. The Bertz CT molecular complexity index is 867. The van der Waals surface area contributed by atoms with Gasteiger partial charge in [0.2, 0.25) is 11.7 Å². The predicted octanol–water partition coefficient (Wildman–Crippen LogP) is 3.18. The van der Waals surface area contributed by atoms with Gasteiger partial charge in [0.1, 0.15) is 12.7 Å². The molecule has 142 valence electrons. The van der Waals surface area contributed by atoms with Gasteiger partial charge in [-0.1, -0.05) is 17.3 Å². The lowest BCUT2D eigenvalue weighted by atomic mass is 10.1. The smallest absolute Gasteiger partial charge is 0.338 e. The van der Waals surface area contributed by atoms with Crippen LogP contribution in [-0.2, 0) is 12.7 Å². The van der Waals surface area contributed by atoms with Gasteiger partial charge >= 0.3 is 6.18 Å². The van der Waals surface area contributed by atoms with Gasteiger partial charge in [-0.3, -0.25) is 4.90 Å². The largest absolute Gasteiger partial charge is 0.416 e. The van der Waals surface area contributed by atoms with Crippen LogP contribution in [0.15, 0.2) is 41.4 Å². The van der Waals surface area contributed by atoms with E-state index >= 15 is 0 Å². The molecule has 0 bridgehead atoms. The van der Waals surface area contributed by atoms with Crippen LogP contribution >= 0.6 is 0 Å². The summed E-state index contributed by atoms with van der Waals surface area (Å²) < 4.78 is 45.1. The molecular weight excluding hydrogens is 361 g/mol. The van der Waals surface area contributed by atoms with Crippen molar-refractivity contribution in [2.24, 2.45) is 0 Å². The standard InChI is InChI=1S/C17H17F3N6O/c18-17(19,20)13-3-1-12(2-4-13)16-23-15(27-24-16)9-25-7-5-14(6-8-25)26-11-21-10-22-26/h1-4,10-11,14H,5-9H2. The van der Waals surface area contributed by atoms with Crippen molar-refractivity contribution in [1.82, 2.24) is 29.8 Å². The number of likely N-dealkylation sites (tertiary alicyclic amines) is 1. The molecule has 1 aromatic carbocycles. The first kappa shape index (κ1) is 17.7. The van der Waals surface area contributed by atoms with Gasteiger partial charge in [0.15, 0.2) is 0 Å². The zero-order chi connectivity index (χ0) is 18.9. The third-order valence-corrected chi connectivity index (χ3v) is 4.67. The molecule has 7 nitrogen and oxygen atoms in total. The molecule has 0 atom stereocenters. The number of rotatable bonds is 4. The first-order valence-corrected chi connectivity index (χ1v) is 8.56. The van der Waals surface area contributed by atoms with Gasteiger partial charge in [-0.25, -0.2) is 9.67 Å². The van der Waals surface area contributed by atoms with Crippen LogP contribution in [0.2, 0.25) is 0 Å². The van der Waals surface area contributed by atoms with Crippen molar-refractivity contribution in [3.8, 4) is 11.4 Å². The second-order valence-corrected chi connectivity index (χ2v) is 6.47. The normalized spacial score (nSPS) is 16.7. The second-order valence-electron chi connectivity index (χ2n) is 6.47. The molecule has 2 aromatic heterocycles. The van der Waals surface area contributed by atoms with Gasteiger partial charge in [-0.2, -0.15) is 23.3 Å². The summed E-state index contributed by atoms with van der Waals surface area (Å²) in [6.07, 6.45) is 0.800. The van der Waals surface area contributed by atoms with Gasteiger partial charge in [-0.05, 0) is 25.0 Å². The van der Waals surface area contributed by atoms with Crippen molar-refractivity contribution in [3.63, 3.8) is 0 Å². The molecule has 3 aromatic rings. The number of hydrogen-bond acceptors (Lipinski definition) is 6. The molecule has 0 spiro atoms. The van der Waals surface area contributed by atoms with E-state index in [1.165, 1.54) is 18.5 Å². The first-order valence-electron chi connectivity index (χ1n) is 8.56. The van der Waals surface area contributed by atoms with E-state index in [4.69, 9.17) is 4.52 Å². The van der Waals surface area contributed by atoms with Crippen molar-refractivity contribution in [3.05, 3.63) is 48.4 Å². The van der Waals surface area contributed by atoms with E-state index in [1.807, 2.05) is 4.68 Å². The minimum absolute atomic E-state index is 0.288. The van der Waals surface area contributed by atoms with Crippen LogP contribution in [0.3, 0.4) is 0 Å². The molecule has 1 aliphatic heterocycles. The maximum atomic E-state index is 12.6. The second kappa shape index (κ2) is 7.10. The Morgan fingerprint density at radius 3 is 2.48 bits per heavy atom. The molecule has 0 unspecified atom stereocenters. The number of nitrogens with zero attached hydrogens (tertiary/aromatic N) is 6. The van der Waals surface area contributed by atoms with Crippen molar-refractivity contribution in [1.29, 1.82) is 0 Å². The summed E-state index contributed by atoms with van der Waals surface area (Å²) in [5.41, 5.74) is -0.215. The molecule has 4 rings (SSSR count). The lowest BCUT2D eigenvalue weighted by Crippen LogP contribution is -2.34. The van der Waals surface area contributed by atoms with Gasteiger partial charge < -0.3 is 4.52 Å². The first-order chi connectivity index (χ1) is 13.0. The summed E-state index contributed by atoms with van der Waals surface area (Å²) in [7, 11) is 0. The summed E-state index contributed by atoms with van der Waals surface area (Å²) in [5.74, 6) is 0.736. The zero-order valence-corrected chi connectivity index (χ0v) is 14.3. The molecule has 3 heterocycles. The zero-order valence-electron chi connectivity index (χ0n) is 14.3. The third-order valence-electron chi connectivity index (χ3n) is 4.67. The lowest BCUT2D eigenvalue weighted by molar-refractivity contribution is -0.137. The van der Waals surface area contributed by atoms with Gasteiger partial charge in [0, 0.05) is 18.7 Å². The molecule has 0 radical (unpaired) electrons. The van der Waals surface area contributed by atoms with Crippen LogP contribution in [0, 0.1) is 0 Å². The van der Waals surface area contributed by atoms with Gasteiger partial charge in [-0.15, -0.1) is 0 Å². The topological polar surface area (TPSA) is 72.9 Å². The van der Waals surface area contributed by atoms with E-state index < -0.39 is 11.7 Å². The number of hydrogen-bond donors (Lipinski definition) is 0. The van der Waals surface area contributed by atoms with E-state index in [1.54, 1.807) is 6.33 Å². The molecule has 1 aliphatic rings. The number of aromatic nitrogens is 5. The van der Waals surface area contributed by atoms with E-state index in [0.29, 0.717) is 24.0 Å². The van der Waals surface area contributed by atoms with Crippen LogP contribution in [0.4, 0.5) is 13.2 Å². The van der Waals surface area contributed by atoms with Crippen LogP contribution in [-0.4, -0.2) is 42.9 Å². The average Bonchev–Trinajstić information content (AvgIpc) is 3.34. The fourth-order valence-electron chi connectivity index (χ4n) is 3.18. The fraction of sp³-hybridized carbons (Fsp3) is 0.412. The lowest BCUT2D eigenvalue weighted by Gasteiger charge is -2.30. The fourth-order valence-corrected chi connectivity index (χ4v) is 3.18. The summed E-state index contributed by atoms with van der Waals surface area (Å²) >= 11 is 0. The number of halogens is 3. The van der Waals surface area contributed by atoms with Crippen LogP contribution in [0.1, 0.15) is 30.3 Å². The Morgan fingerprint density at radius 2 is 1.85 bits per heavy atom. The van der Waals surface area contributed by atoms with E-state index in [0.717, 1.165) is 38.1 Å². The maximum Gasteiger partial charge on any atom is 0.416 e. The molecule has 0 amide bonds. The monoisotopic (exact) mass is 378 g/mol. The number of benzene rings is 1. The molecule has 10 heteroatoms. The molecular formula is C17H17F3N6O. The molecule has 0 N–H and O–H groups in total. The van der Waals surface area contributed by atoms with Crippen LogP contribution < -0.4 is 0 Å². The van der Waals surface area contributed by atoms with Crippen molar-refractivity contribution >= 4 is 0 Å². The van der Waals surface area contributed by atoms with E-state index in [-0.39, 0.29) is 5.82 Å². The highest BCUT2D eigenvalue weighted by Gasteiger charge is 2.30. The van der Waals surface area contributed by atoms with Crippen LogP contribution in [0.5, 0.6) is 0 Å². The highest BCUT2D eigenvalue weighted by molar-refractivity contribution is 5.54. The van der Waals surface area contributed by atoms with E-state index in [9.17, 15) is 13.2 Å². The SMILES string of the molecule is FC(F)(F)c1ccc(-c2noc(CN3CCC(n4cncn4)CC3)n2)cc1. The van der Waals surface area contributed by atoms with Crippen molar-refractivity contribution in [2.75, 3.05) is 13.1 Å².